The van der Waals surface area contributed by atoms with E-state index in [2.05, 4.69) is 13.2 Å². The molecule has 0 spiro atoms. The predicted molar refractivity (Wildman–Crippen MR) is 201 cm³/mol. The number of thioether (sulfide) groups is 2. The van der Waals surface area contributed by atoms with Crippen molar-refractivity contribution in [1.82, 2.24) is 0 Å². The Bertz CT molecular complexity index is 1650. The van der Waals surface area contributed by atoms with Crippen LogP contribution < -0.4 is 9.47 Å². The Morgan fingerprint density at radius 1 is 0.571 bits per heavy atom. The zero-order valence-electron chi connectivity index (χ0n) is 31.0. The van der Waals surface area contributed by atoms with E-state index in [0.29, 0.717) is 91.1 Å². The Balaban J connectivity index is 1.28. The molecular weight excluding hydrogens is 765 g/mol. The number of allylic oxidation sites excluding steroid dienone is 1. The van der Waals surface area contributed by atoms with Crippen LogP contribution in [0, 0.1) is 46.3 Å². The van der Waals surface area contributed by atoms with Gasteiger partial charge in [0.1, 0.15) is 29.2 Å². The number of unbranched alkanes of at least 4 members (excludes halogenated alkanes) is 2. The number of fused-ring (bicyclic) bond motifs is 1. The molecule has 56 heavy (non-hydrogen) atoms. The van der Waals surface area contributed by atoms with Crippen molar-refractivity contribution in [2.75, 3.05) is 26.4 Å². The van der Waals surface area contributed by atoms with Crippen molar-refractivity contribution in [3.63, 3.8) is 0 Å². The lowest BCUT2D eigenvalue weighted by Gasteiger charge is -2.26. The van der Waals surface area contributed by atoms with Gasteiger partial charge in [-0.05, 0) is 89.2 Å². The van der Waals surface area contributed by atoms with Gasteiger partial charge in [0.2, 0.25) is 0 Å². The van der Waals surface area contributed by atoms with Crippen LogP contribution in [0.5, 0.6) is 11.5 Å². The van der Waals surface area contributed by atoms with Crippen LogP contribution >= 0.6 is 23.5 Å². The Morgan fingerprint density at radius 2 is 0.893 bits per heavy atom. The predicted octanol–water partition coefficient (Wildman–Crippen LogP) is 6.67. The number of carbonyl (C=O) groups is 6. The molecule has 1 aromatic rings. The molecule has 16 heteroatoms. The number of hydrogen-bond donors (Lipinski definition) is 0. The van der Waals surface area contributed by atoms with E-state index in [1.54, 1.807) is 0 Å². The summed E-state index contributed by atoms with van der Waals surface area (Å²) in [6.45, 7) is 7.49. The van der Waals surface area contributed by atoms with Crippen LogP contribution in [0.4, 0.5) is 0 Å². The van der Waals surface area contributed by atoms with Crippen molar-refractivity contribution in [3.8, 4) is 23.6 Å². The van der Waals surface area contributed by atoms with Crippen molar-refractivity contribution in [2.24, 2.45) is 23.7 Å². The number of esters is 6. The SMILES string of the molecule is C=CC(=O)OCCCCOC(=O)C1CCC(C(=O)Oc2ccc(OC(=O)C3CCC(C(=O)OCCCCOC(=O)C=C)CC3)c3c2SC(=C(C#N)C#N)S3)CC1. The van der Waals surface area contributed by atoms with Gasteiger partial charge in [0.25, 0.3) is 0 Å². The van der Waals surface area contributed by atoms with Crippen molar-refractivity contribution < 1.29 is 57.2 Å². The highest BCUT2D eigenvalue weighted by atomic mass is 32.2. The summed E-state index contributed by atoms with van der Waals surface area (Å²) in [5.41, 5.74) is -0.131. The minimum Gasteiger partial charge on any atom is -0.465 e. The lowest BCUT2D eigenvalue weighted by Crippen LogP contribution is -2.30. The van der Waals surface area contributed by atoms with Crippen LogP contribution in [0.15, 0.2) is 57.0 Å². The smallest absolute Gasteiger partial charge is 0.330 e. The highest BCUT2D eigenvalue weighted by molar-refractivity contribution is 8.24. The monoisotopic (exact) mass is 808 g/mol. The van der Waals surface area contributed by atoms with Crippen molar-refractivity contribution in [3.05, 3.63) is 47.3 Å². The molecule has 0 atom stereocenters. The van der Waals surface area contributed by atoms with E-state index in [-0.39, 0.29) is 67.3 Å². The number of carbonyl (C=O) groups excluding carboxylic acids is 6. The third-order valence-corrected chi connectivity index (χ3v) is 12.1. The first kappa shape index (κ1) is 43.7. The van der Waals surface area contributed by atoms with Gasteiger partial charge in [-0.1, -0.05) is 36.7 Å². The second-order valence-electron chi connectivity index (χ2n) is 13.2. The molecule has 2 fully saturated rings. The van der Waals surface area contributed by atoms with Crippen LogP contribution in [-0.4, -0.2) is 62.2 Å². The van der Waals surface area contributed by atoms with Crippen molar-refractivity contribution in [2.45, 2.75) is 86.8 Å². The summed E-state index contributed by atoms with van der Waals surface area (Å²) in [5, 5.41) is 19.1. The molecule has 3 aliphatic rings. The Kier molecular flexibility index (Phi) is 17.5. The normalized spacial score (nSPS) is 19.8. The molecule has 1 aliphatic heterocycles. The number of ether oxygens (including phenoxy) is 6. The molecule has 0 N–H and O–H groups in total. The van der Waals surface area contributed by atoms with Gasteiger partial charge in [-0.2, -0.15) is 10.5 Å². The van der Waals surface area contributed by atoms with Crippen LogP contribution in [-0.2, 0) is 47.7 Å². The summed E-state index contributed by atoms with van der Waals surface area (Å²) in [6.07, 6.45) is 7.83. The largest absolute Gasteiger partial charge is 0.465 e. The van der Waals surface area contributed by atoms with Gasteiger partial charge in [-0.15, -0.1) is 0 Å². The van der Waals surface area contributed by atoms with Gasteiger partial charge in [0.15, 0.2) is 0 Å². The fourth-order valence-corrected chi connectivity index (χ4v) is 8.75. The molecule has 298 valence electrons. The third-order valence-electron chi connectivity index (χ3n) is 9.45. The lowest BCUT2D eigenvalue weighted by molar-refractivity contribution is -0.152. The molecule has 0 radical (unpaired) electrons. The maximum Gasteiger partial charge on any atom is 0.330 e. The molecule has 0 aromatic heterocycles. The van der Waals surface area contributed by atoms with E-state index in [0.717, 1.165) is 35.7 Å². The van der Waals surface area contributed by atoms with Gasteiger partial charge in [-0.25, -0.2) is 9.59 Å². The molecule has 0 saturated heterocycles. The van der Waals surface area contributed by atoms with E-state index in [4.69, 9.17) is 28.4 Å². The highest BCUT2D eigenvalue weighted by Gasteiger charge is 2.36. The van der Waals surface area contributed by atoms with E-state index in [1.807, 2.05) is 12.1 Å². The summed E-state index contributed by atoms with van der Waals surface area (Å²) in [5.74, 6) is -3.83. The maximum absolute atomic E-state index is 13.3. The van der Waals surface area contributed by atoms with Gasteiger partial charge < -0.3 is 28.4 Å². The highest BCUT2D eigenvalue weighted by Crippen LogP contribution is 2.59. The molecule has 1 heterocycles. The third kappa shape index (κ3) is 12.7. The quantitative estimate of drug-likeness (QED) is 0.0379. The summed E-state index contributed by atoms with van der Waals surface area (Å²) in [4.78, 5) is 74.9. The Morgan fingerprint density at radius 3 is 1.21 bits per heavy atom. The fourth-order valence-electron chi connectivity index (χ4n) is 6.27. The number of benzene rings is 1. The van der Waals surface area contributed by atoms with Crippen LogP contribution in [0.25, 0.3) is 0 Å². The summed E-state index contributed by atoms with van der Waals surface area (Å²) in [7, 11) is 0. The van der Waals surface area contributed by atoms with Gasteiger partial charge in [-0.3, -0.25) is 19.2 Å². The van der Waals surface area contributed by atoms with Crippen LogP contribution in [0.1, 0.15) is 77.0 Å². The van der Waals surface area contributed by atoms with E-state index >= 15 is 0 Å². The lowest BCUT2D eigenvalue weighted by atomic mass is 9.82. The zero-order chi connectivity index (χ0) is 40.5. The molecule has 0 bridgehead atoms. The first-order valence-corrected chi connectivity index (χ1v) is 20.1. The second-order valence-corrected chi connectivity index (χ2v) is 15.5. The van der Waals surface area contributed by atoms with Gasteiger partial charge in [0, 0.05) is 12.2 Å². The molecule has 0 amide bonds. The Labute approximate surface area is 333 Å². The number of nitriles is 2. The van der Waals surface area contributed by atoms with Crippen LogP contribution in [0.2, 0.25) is 0 Å². The molecule has 14 nitrogen and oxygen atoms in total. The van der Waals surface area contributed by atoms with E-state index < -0.39 is 35.7 Å². The van der Waals surface area contributed by atoms with Crippen LogP contribution in [0.3, 0.4) is 0 Å². The molecule has 1 aromatic carbocycles. The summed E-state index contributed by atoms with van der Waals surface area (Å²) in [6, 6.07) is 6.80. The number of nitrogens with zero attached hydrogens (tertiary/aromatic N) is 2. The molecule has 4 rings (SSSR count). The van der Waals surface area contributed by atoms with Crippen molar-refractivity contribution >= 4 is 59.3 Å². The average Bonchev–Trinajstić information content (AvgIpc) is 3.67. The second kappa shape index (κ2) is 22.5. The number of rotatable bonds is 18. The van der Waals surface area contributed by atoms with E-state index in [9.17, 15) is 39.3 Å². The first-order chi connectivity index (χ1) is 27.1. The summed E-state index contributed by atoms with van der Waals surface area (Å²) < 4.78 is 32.7. The van der Waals surface area contributed by atoms with Gasteiger partial charge in [0.05, 0.1) is 64.1 Å². The van der Waals surface area contributed by atoms with E-state index in [1.165, 1.54) is 12.1 Å². The first-order valence-electron chi connectivity index (χ1n) is 18.5. The Hall–Kier alpha value is -5.06. The topological polar surface area (TPSA) is 205 Å². The van der Waals surface area contributed by atoms with Gasteiger partial charge >= 0.3 is 35.8 Å². The zero-order valence-corrected chi connectivity index (χ0v) is 32.6. The number of hydrogen-bond acceptors (Lipinski definition) is 16. The fraction of sp³-hybridized carbons (Fsp3) is 0.500. The maximum atomic E-state index is 13.3. The minimum absolute atomic E-state index is 0.131. The molecule has 2 aliphatic carbocycles. The average molecular weight is 809 g/mol. The molecule has 2 saturated carbocycles. The molecular formula is C40H44N2O12S2. The van der Waals surface area contributed by atoms with Crippen molar-refractivity contribution in [1.29, 1.82) is 10.5 Å². The standard InChI is InChI=1S/C40H44N2O12S2/c1-3-32(43)49-19-5-7-21-51-36(45)25-9-13-27(14-10-25)38(47)53-30-17-18-31(35-34(30)55-40(56-35)29(23-41)24-42)54-39(48)28-15-11-26(12-16-28)37(46)52-22-8-6-20-50-33(44)4-2/h3-4,17-18,25-28H,1-2,5-16,19-22H2. The minimum atomic E-state index is -0.503. The molecule has 0 unspecified atom stereocenters. The summed E-state index contributed by atoms with van der Waals surface area (Å²) >= 11 is 2.17.